The van der Waals surface area contributed by atoms with Crippen LogP contribution in [0, 0.1) is 0 Å². The number of fused-ring (bicyclic) bond motifs is 1. The molecule has 0 unspecified atom stereocenters. The van der Waals surface area contributed by atoms with Gasteiger partial charge in [0, 0.05) is 18.7 Å². The number of aromatic nitrogens is 1. The van der Waals surface area contributed by atoms with Gasteiger partial charge in [-0.15, -0.1) is 0 Å². The molecule has 0 bridgehead atoms. The number of esters is 1. The second-order valence-corrected chi connectivity index (χ2v) is 4.09. The highest BCUT2D eigenvalue weighted by Gasteiger charge is 2.18. The van der Waals surface area contributed by atoms with E-state index >= 15 is 0 Å². The molecule has 1 aromatic heterocycles. The highest BCUT2D eigenvalue weighted by Crippen LogP contribution is 2.31. The van der Waals surface area contributed by atoms with Crippen LogP contribution in [0.1, 0.15) is 12.5 Å². The van der Waals surface area contributed by atoms with Crippen LogP contribution in [0.4, 0.5) is 0 Å². The third-order valence-electron chi connectivity index (χ3n) is 2.10. The lowest BCUT2D eigenvalue weighted by Gasteiger charge is -2.21. The van der Waals surface area contributed by atoms with Crippen LogP contribution < -0.4 is 4.74 Å². The summed E-state index contributed by atoms with van der Waals surface area (Å²) in [6.07, 6.45) is 5.23. The Morgan fingerprint density at radius 1 is 1.69 bits per heavy atom. The number of hydrogen-bond acceptors (Lipinski definition) is 4. The van der Waals surface area contributed by atoms with Crippen molar-refractivity contribution in [3.8, 4) is 5.75 Å². The molecule has 5 heteroatoms. The molecule has 2 rings (SSSR count). The number of hydrogen-bond donors (Lipinski definition) is 0. The quantitative estimate of drug-likeness (QED) is 0.617. The zero-order valence-electron chi connectivity index (χ0n) is 8.64. The Morgan fingerprint density at radius 2 is 2.50 bits per heavy atom. The molecule has 0 aliphatic carbocycles. The van der Waals surface area contributed by atoms with Gasteiger partial charge in [0.25, 0.3) is 0 Å². The molecule has 84 valence electrons. The van der Waals surface area contributed by atoms with E-state index < -0.39 is 0 Å². The zero-order chi connectivity index (χ0) is 11.5. The van der Waals surface area contributed by atoms with Crippen LogP contribution >= 0.6 is 15.9 Å². The van der Waals surface area contributed by atoms with Gasteiger partial charge in [-0.05, 0) is 28.1 Å². The Bertz CT molecular complexity index is 445. The summed E-state index contributed by atoms with van der Waals surface area (Å²) in [4.78, 5) is 14.7. The molecule has 0 radical (unpaired) electrons. The van der Waals surface area contributed by atoms with E-state index in [9.17, 15) is 4.79 Å². The highest BCUT2D eigenvalue weighted by atomic mass is 79.9. The third kappa shape index (κ3) is 2.41. The third-order valence-corrected chi connectivity index (χ3v) is 2.67. The van der Waals surface area contributed by atoms with Gasteiger partial charge in [-0.1, -0.05) is 6.08 Å². The summed E-state index contributed by atoms with van der Waals surface area (Å²) < 4.78 is 11.2. The number of halogens is 1. The normalized spacial score (nSPS) is 17.5. The van der Waals surface area contributed by atoms with E-state index in [0.717, 1.165) is 5.56 Å². The maximum Gasteiger partial charge on any atom is 0.302 e. The molecule has 0 amide bonds. The fourth-order valence-corrected chi connectivity index (χ4v) is 1.82. The summed E-state index contributed by atoms with van der Waals surface area (Å²) >= 11 is 3.31. The molecular formula is C11H10BrNO3. The number of pyridine rings is 1. The lowest BCUT2D eigenvalue weighted by Crippen LogP contribution is -2.24. The number of nitrogens with zero attached hydrogens (tertiary/aromatic N) is 1. The maximum absolute atomic E-state index is 10.7. The maximum atomic E-state index is 10.7. The van der Waals surface area contributed by atoms with E-state index in [1.54, 1.807) is 6.20 Å². The predicted octanol–water partition coefficient (Wildman–Crippen LogP) is 2.18. The second-order valence-electron chi connectivity index (χ2n) is 3.34. The number of rotatable bonds is 2. The lowest BCUT2D eigenvalue weighted by molar-refractivity contribution is -0.142. The van der Waals surface area contributed by atoms with Gasteiger partial charge in [-0.3, -0.25) is 4.79 Å². The molecule has 1 aromatic rings. The van der Waals surface area contributed by atoms with Crippen molar-refractivity contribution in [2.45, 2.75) is 13.0 Å². The fourth-order valence-electron chi connectivity index (χ4n) is 1.38. The number of carbonyl (C=O) groups excluding carboxylic acids is 1. The first-order valence-electron chi connectivity index (χ1n) is 4.79. The van der Waals surface area contributed by atoms with Crippen molar-refractivity contribution in [3.05, 3.63) is 28.5 Å². The number of ether oxygens (including phenoxy) is 2. The van der Waals surface area contributed by atoms with Gasteiger partial charge in [0.1, 0.15) is 11.2 Å². The molecule has 16 heavy (non-hydrogen) atoms. The molecule has 0 saturated carbocycles. The molecule has 1 atom stereocenters. The van der Waals surface area contributed by atoms with Crippen LogP contribution in [0.3, 0.4) is 0 Å². The summed E-state index contributed by atoms with van der Waals surface area (Å²) in [6.45, 7) is 1.59. The Kier molecular flexibility index (Phi) is 3.24. The Hall–Kier alpha value is -1.36. The first kappa shape index (κ1) is 11.1. The zero-order valence-corrected chi connectivity index (χ0v) is 10.2. The van der Waals surface area contributed by atoms with Crippen molar-refractivity contribution >= 4 is 28.0 Å². The van der Waals surface area contributed by atoms with Gasteiger partial charge >= 0.3 is 5.97 Å². The van der Waals surface area contributed by atoms with E-state index in [1.165, 1.54) is 6.92 Å². The van der Waals surface area contributed by atoms with Gasteiger partial charge in [0.15, 0.2) is 11.9 Å². The SMILES string of the molecule is CC(=O)OC[C@H]1C=Cc2ccnc(Br)c2O1. The summed E-state index contributed by atoms with van der Waals surface area (Å²) in [6, 6.07) is 1.86. The van der Waals surface area contributed by atoms with Gasteiger partial charge in [0.05, 0.1) is 0 Å². The standard InChI is InChI=1S/C11H10BrNO3/c1-7(14)15-6-9-3-2-8-4-5-13-11(12)10(8)16-9/h2-5,9H,6H2,1H3/t9-/m1/s1. The van der Waals surface area contributed by atoms with E-state index in [-0.39, 0.29) is 18.7 Å². The molecule has 0 N–H and O–H groups in total. The summed E-state index contributed by atoms with van der Waals surface area (Å²) in [5.41, 5.74) is 0.959. The van der Waals surface area contributed by atoms with Crippen molar-refractivity contribution in [1.82, 2.24) is 4.98 Å². The minimum atomic E-state index is -0.312. The van der Waals surface area contributed by atoms with Gasteiger partial charge in [-0.25, -0.2) is 4.98 Å². The van der Waals surface area contributed by atoms with Crippen molar-refractivity contribution in [2.24, 2.45) is 0 Å². The average Bonchev–Trinajstić information content (AvgIpc) is 2.27. The number of carbonyl (C=O) groups is 1. The van der Waals surface area contributed by atoms with E-state index in [2.05, 4.69) is 20.9 Å². The van der Waals surface area contributed by atoms with Crippen LogP contribution in [-0.2, 0) is 9.53 Å². The van der Waals surface area contributed by atoms with Crippen LogP contribution in [0.15, 0.2) is 22.9 Å². The van der Waals surface area contributed by atoms with Crippen molar-refractivity contribution in [2.75, 3.05) is 6.61 Å². The molecule has 0 saturated heterocycles. The van der Waals surface area contributed by atoms with Crippen molar-refractivity contribution in [3.63, 3.8) is 0 Å². The molecular weight excluding hydrogens is 274 g/mol. The largest absolute Gasteiger partial charge is 0.479 e. The van der Waals surface area contributed by atoms with Crippen molar-refractivity contribution < 1.29 is 14.3 Å². The van der Waals surface area contributed by atoms with E-state index in [1.807, 2.05) is 18.2 Å². The monoisotopic (exact) mass is 283 g/mol. The van der Waals surface area contributed by atoms with Crippen LogP contribution in [0.5, 0.6) is 5.75 Å². The first-order chi connectivity index (χ1) is 7.66. The van der Waals surface area contributed by atoms with Gasteiger partial charge < -0.3 is 9.47 Å². The molecule has 0 fully saturated rings. The summed E-state index contributed by atoms with van der Waals surface area (Å²) in [7, 11) is 0. The minimum absolute atomic E-state index is 0.215. The lowest BCUT2D eigenvalue weighted by atomic mass is 10.1. The fraction of sp³-hybridized carbons (Fsp3) is 0.273. The molecule has 4 nitrogen and oxygen atoms in total. The molecule has 2 heterocycles. The summed E-state index contributed by atoms with van der Waals surface area (Å²) in [5, 5.41) is 0. The molecule has 1 aliphatic rings. The van der Waals surface area contributed by atoms with Gasteiger partial charge in [0.2, 0.25) is 0 Å². The Labute approximate surface area is 101 Å². The first-order valence-corrected chi connectivity index (χ1v) is 5.59. The van der Waals surface area contributed by atoms with Crippen LogP contribution in [0.25, 0.3) is 6.08 Å². The molecule has 0 aromatic carbocycles. The minimum Gasteiger partial charge on any atom is -0.479 e. The predicted molar refractivity (Wildman–Crippen MR) is 62.0 cm³/mol. The Morgan fingerprint density at radius 3 is 3.25 bits per heavy atom. The Balaban J connectivity index is 2.11. The molecule has 0 spiro atoms. The van der Waals surface area contributed by atoms with E-state index in [0.29, 0.717) is 10.4 Å². The highest BCUT2D eigenvalue weighted by molar-refractivity contribution is 9.10. The average molecular weight is 284 g/mol. The smallest absolute Gasteiger partial charge is 0.302 e. The van der Waals surface area contributed by atoms with Crippen molar-refractivity contribution in [1.29, 1.82) is 0 Å². The van der Waals surface area contributed by atoms with Gasteiger partial charge in [-0.2, -0.15) is 0 Å². The van der Waals surface area contributed by atoms with Crippen LogP contribution in [0.2, 0.25) is 0 Å². The summed E-state index contributed by atoms with van der Waals surface area (Å²) in [5.74, 6) is 0.371. The van der Waals surface area contributed by atoms with Crippen LogP contribution in [-0.4, -0.2) is 23.7 Å². The molecule has 1 aliphatic heterocycles. The van der Waals surface area contributed by atoms with E-state index in [4.69, 9.17) is 9.47 Å². The second kappa shape index (κ2) is 4.65. The topological polar surface area (TPSA) is 48.4 Å².